The number of nitrogens with one attached hydrogen (secondary N) is 1. The van der Waals surface area contributed by atoms with Crippen molar-refractivity contribution in [3.05, 3.63) is 54.1 Å². The van der Waals surface area contributed by atoms with Gasteiger partial charge in [0.1, 0.15) is 5.75 Å². The molecule has 3 rings (SSSR count). The minimum atomic E-state index is -3.78. The van der Waals surface area contributed by atoms with Gasteiger partial charge in [0.2, 0.25) is 0 Å². The van der Waals surface area contributed by atoms with Gasteiger partial charge in [-0.1, -0.05) is 31.9 Å². The third-order valence-electron chi connectivity index (χ3n) is 5.63. The lowest BCUT2D eigenvalue weighted by Crippen LogP contribution is -2.41. The molecule has 0 aliphatic heterocycles. The molecule has 2 aromatic rings. The molecule has 1 aliphatic carbocycles. The Morgan fingerprint density at radius 2 is 1.72 bits per heavy atom. The summed E-state index contributed by atoms with van der Waals surface area (Å²) in [5.74, 6) is 0.767. The number of nitrogens with zero attached hydrogens (tertiary/aromatic N) is 1. The SMILES string of the molecule is COc1ccccc1N(C)S(=O)(=O)c1ccc(C(=O)N[C@H]2CCCC[C@H]2C)cc1. The van der Waals surface area contributed by atoms with E-state index >= 15 is 0 Å². The van der Waals surface area contributed by atoms with Gasteiger partial charge in [-0.25, -0.2) is 8.42 Å². The highest BCUT2D eigenvalue weighted by Gasteiger charge is 2.25. The number of carbonyl (C=O) groups is 1. The highest BCUT2D eigenvalue weighted by atomic mass is 32.2. The number of sulfonamides is 1. The van der Waals surface area contributed by atoms with E-state index in [9.17, 15) is 13.2 Å². The Balaban J connectivity index is 1.77. The maximum Gasteiger partial charge on any atom is 0.264 e. The molecule has 0 unspecified atom stereocenters. The molecule has 2 aromatic carbocycles. The Hall–Kier alpha value is -2.54. The minimum Gasteiger partial charge on any atom is -0.495 e. The highest BCUT2D eigenvalue weighted by Crippen LogP contribution is 2.31. The zero-order valence-electron chi connectivity index (χ0n) is 17.1. The lowest BCUT2D eigenvalue weighted by Gasteiger charge is -2.29. The molecular formula is C22H28N2O4S. The van der Waals surface area contributed by atoms with Crippen LogP contribution in [0.5, 0.6) is 5.75 Å². The molecule has 0 radical (unpaired) electrons. The van der Waals surface area contributed by atoms with Gasteiger partial charge in [0.15, 0.2) is 0 Å². The predicted octanol–water partition coefficient (Wildman–Crippen LogP) is 3.83. The maximum atomic E-state index is 13.0. The van der Waals surface area contributed by atoms with E-state index in [2.05, 4.69) is 12.2 Å². The summed E-state index contributed by atoms with van der Waals surface area (Å²) in [6, 6.07) is 13.2. The van der Waals surface area contributed by atoms with Gasteiger partial charge in [0.05, 0.1) is 17.7 Å². The molecule has 0 heterocycles. The van der Waals surface area contributed by atoms with Crippen molar-refractivity contribution in [2.75, 3.05) is 18.5 Å². The van der Waals surface area contributed by atoms with Crippen molar-refractivity contribution in [3.63, 3.8) is 0 Å². The molecule has 29 heavy (non-hydrogen) atoms. The number of rotatable bonds is 6. The van der Waals surface area contributed by atoms with Crippen molar-refractivity contribution >= 4 is 21.6 Å². The molecule has 2 atom stereocenters. The number of anilines is 1. The molecule has 1 amide bonds. The smallest absolute Gasteiger partial charge is 0.264 e. The van der Waals surface area contributed by atoms with Crippen LogP contribution in [-0.2, 0) is 10.0 Å². The van der Waals surface area contributed by atoms with E-state index in [1.54, 1.807) is 36.4 Å². The molecule has 0 bridgehead atoms. The van der Waals surface area contributed by atoms with Crippen LogP contribution in [0.15, 0.2) is 53.4 Å². The first-order valence-corrected chi connectivity index (χ1v) is 11.3. The topological polar surface area (TPSA) is 75.7 Å². The molecule has 0 spiro atoms. The molecule has 1 aliphatic rings. The zero-order valence-corrected chi connectivity index (χ0v) is 17.9. The normalized spacial score (nSPS) is 19.4. The first kappa shape index (κ1) is 21.2. The Bertz CT molecular complexity index is 957. The number of hydrogen-bond donors (Lipinski definition) is 1. The van der Waals surface area contributed by atoms with Gasteiger partial charge < -0.3 is 10.1 Å². The molecule has 1 saturated carbocycles. The monoisotopic (exact) mass is 416 g/mol. The van der Waals surface area contributed by atoms with E-state index < -0.39 is 10.0 Å². The van der Waals surface area contributed by atoms with Crippen molar-refractivity contribution in [1.82, 2.24) is 5.32 Å². The van der Waals surface area contributed by atoms with E-state index in [1.165, 1.54) is 37.0 Å². The molecule has 156 valence electrons. The Kier molecular flexibility index (Phi) is 6.47. The Morgan fingerprint density at radius 3 is 2.38 bits per heavy atom. The van der Waals surface area contributed by atoms with Gasteiger partial charge in [0.25, 0.3) is 15.9 Å². The van der Waals surface area contributed by atoms with E-state index in [-0.39, 0.29) is 16.8 Å². The second kappa shape index (κ2) is 8.86. The lowest BCUT2D eigenvalue weighted by molar-refractivity contribution is 0.0910. The third-order valence-corrected chi connectivity index (χ3v) is 7.41. The Labute approximate surface area is 172 Å². The summed E-state index contributed by atoms with van der Waals surface area (Å²) in [6.07, 6.45) is 4.45. The van der Waals surface area contributed by atoms with E-state index in [0.717, 1.165) is 19.3 Å². The lowest BCUT2D eigenvalue weighted by atomic mass is 9.86. The molecule has 1 fully saturated rings. The van der Waals surface area contributed by atoms with Gasteiger partial charge in [-0.3, -0.25) is 9.10 Å². The largest absolute Gasteiger partial charge is 0.495 e. The average Bonchev–Trinajstić information content (AvgIpc) is 2.74. The second-order valence-corrected chi connectivity index (χ2v) is 9.48. The van der Waals surface area contributed by atoms with Crippen LogP contribution in [0.2, 0.25) is 0 Å². The summed E-state index contributed by atoms with van der Waals surface area (Å²) in [7, 11) is -0.797. The van der Waals surface area contributed by atoms with Crippen LogP contribution >= 0.6 is 0 Å². The fraction of sp³-hybridized carbons (Fsp3) is 0.409. The summed E-state index contributed by atoms with van der Waals surface area (Å²) in [5, 5.41) is 3.09. The first-order chi connectivity index (χ1) is 13.8. The molecule has 0 aromatic heterocycles. The zero-order chi connectivity index (χ0) is 21.0. The first-order valence-electron chi connectivity index (χ1n) is 9.87. The van der Waals surface area contributed by atoms with Gasteiger partial charge >= 0.3 is 0 Å². The average molecular weight is 417 g/mol. The number of ether oxygens (including phenoxy) is 1. The van der Waals surface area contributed by atoms with Crippen molar-refractivity contribution in [1.29, 1.82) is 0 Å². The predicted molar refractivity (Wildman–Crippen MR) is 114 cm³/mol. The van der Waals surface area contributed by atoms with Gasteiger partial charge in [-0.05, 0) is 55.2 Å². The van der Waals surface area contributed by atoms with E-state index in [0.29, 0.717) is 22.9 Å². The molecule has 0 saturated heterocycles. The summed E-state index contributed by atoms with van der Waals surface area (Å²) in [5.41, 5.74) is 0.907. The Morgan fingerprint density at radius 1 is 1.07 bits per heavy atom. The summed E-state index contributed by atoms with van der Waals surface area (Å²) >= 11 is 0. The minimum absolute atomic E-state index is 0.119. The molecule has 6 nitrogen and oxygen atoms in total. The maximum absolute atomic E-state index is 13.0. The van der Waals surface area contributed by atoms with Crippen LogP contribution in [0.4, 0.5) is 5.69 Å². The van der Waals surface area contributed by atoms with Crippen molar-refractivity contribution in [3.8, 4) is 5.75 Å². The van der Waals surface area contributed by atoms with Crippen LogP contribution in [0.1, 0.15) is 43.0 Å². The fourth-order valence-electron chi connectivity index (χ4n) is 3.74. The van der Waals surface area contributed by atoms with Crippen molar-refractivity contribution < 1.29 is 17.9 Å². The van der Waals surface area contributed by atoms with E-state index in [1.807, 2.05) is 0 Å². The molecule has 1 N–H and O–H groups in total. The van der Waals surface area contributed by atoms with Crippen LogP contribution in [0.25, 0.3) is 0 Å². The van der Waals surface area contributed by atoms with Crippen LogP contribution < -0.4 is 14.4 Å². The fourth-order valence-corrected chi connectivity index (χ4v) is 4.94. The third kappa shape index (κ3) is 4.56. The number of para-hydroxylation sites is 2. The second-order valence-electron chi connectivity index (χ2n) is 7.51. The quantitative estimate of drug-likeness (QED) is 0.777. The number of carbonyl (C=O) groups excluding carboxylic acids is 1. The van der Waals surface area contributed by atoms with Crippen LogP contribution in [0.3, 0.4) is 0 Å². The summed E-state index contributed by atoms with van der Waals surface area (Å²) < 4.78 is 32.5. The summed E-state index contributed by atoms with van der Waals surface area (Å²) in [4.78, 5) is 12.7. The van der Waals surface area contributed by atoms with Crippen molar-refractivity contribution in [2.24, 2.45) is 5.92 Å². The van der Waals surface area contributed by atoms with Crippen LogP contribution in [-0.4, -0.2) is 34.5 Å². The summed E-state index contributed by atoms with van der Waals surface area (Å²) in [6.45, 7) is 2.16. The molecular weight excluding hydrogens is 388 g/mol. The van der Waals surface area contributed by atoms with E-state index in [4.69, 9.17) is 4.74 Å². The molecule has 7 heteroatoms. The van der Waals surface area contributed by atoms with Gasteiger partial charge in [-0.2, -0.15) is 0 Å². The number of hydrogen-bond acceptors (Lipinski definition) is 4. The highest BCUT2D eigenvalue weighted by molar-refractivity contribution is 7.92. The number of amides is 1. The van der Waals surface area contributed by atoms with Gasteiger partial charge in [-0.15, -0.1) is 0 Å². The number of methoxy groups -OCH3 is 1. The number of benzene rings is 2. The van der Waals surface area contributed by atoms with Crippen molar-refractivity contribution in [2.45, 2.75) is 43.5 Å². The van der Waals surface area contributed by atoms with Gasteiger partial charge in [0, 0.05) is 18.7 Å². The van der Waals surface area contributed by atoms with Crippen LogP contribution in [0, 0.1) is 5.92 Å². The standard InChI is InChI=1S/C22H28N2O4S/c1-16-8-4-5-9-19(16)23-22(25)17-12-14-18(15-13-17)29(26,27)24(2)20-10-6-7-11-21(20)28-3/h6-7,10-16,19H,4-5,8-9H2,1-3H3,(H,23,25)/t16-,19+/m1/s1.